The molecule has 0 amide bonds. The van der Waals surface area contributed by atoms with E-state index in [2.05, 4.69) is 20.8 Å². The second-order valence-electron chi connectivity index (χ2n) is 8.19. The SMILES string of the molecule is C[C@@H]1[C@H]2CCC[C@H]2C(=O)C(C)(C)[C@H]2CC[C@@]3(C2)O[C@@H]13. The van der Waals surface area contributed by atoms with Crippen molar-refractivity contribution in [3.8, 4) is 0 Å². The maximum atomic E-state index is 13.1. The fraction of sp³-hybridized carbons (Fsp3) is 0.941. The molecule has 1 spiro atoms. The van der Waals surface area contributed by atoms with Gasteiger partial charge < -0.3 is 4.74 Å². The number of carbonyl (C=O) groups excluding carboxylic acids is 1. The number of carbonyl (C=O) groups is 1. The summed E-state index contributed by atoms with van der Waals surface area (Å²) >= 11 is 0. The minimum absolute atomic E-state index is 0.128. The number of ketones is 1. The van der Waals surface area contributed by atoms with Gasteiger partial charge in [-0.3, -0.25) is 4.79 Å². The van der Waals surface area contributed by atoms with Crippen LogP contribution in [0, 0.1) is 29.1 Å². The van der Waals surface area contributed by atoms with Crippen molar-refractivity contribution in [3.63, 3.8) is 0 Å². The van der Waals surface area contributed by atoms with Gasteiger partial charge in [0.25, 0.3) is 0 Å². The molecule has 0 N–H and O–H groups in total. The maximum Gasteiger partial charge on any atom is 0.142 e. The van der Waals surface area contributed by atoms with E-state index in [1.807, 2.05) is 0 Å². The van der Waals surface area contributed by atoms with Crippen molar-refractivity contribution < 1.29 is 9.53 Å². The summed E-state index contributed by atoms with van der Waals surface area (Å²) in [5.41, 5.74) is 0.0520. The number of epoxide rings is 1. The fourth-order valence-electron chi connectivity index (χ4n) is 5.67. The Kier molecular flexibility index (Phi) is 2.37. The normalized spacial score (nSPS) is 54.9. The molecule has 0 aromatic rings. The van der Waals surface area contributed by atoms with Gasteiger partial charge in [-0.2, -0.15) is 0 Å². The van der Waals surface area contributed by atoms with Gasteiger partial charge in [0, 0.05) is 11.3 Å². The first-order valence-corrected chi connectivity index (χ1v) is 8.18. The minimum Gasteiger partial charge on any atom is -0.366 e. The van der Waals surface area contributed by atoms with Crippen LogP contribution in [0.2, 0.25) is 0 Å². The Morgan fingerprint density at radius 2 is 2.00 bits per heavy atom. The van der Waals surface area contributed by atoms with E-state index in [1.54, 1.807) is 0 Å². The number of rotatable bonds is 0. The number of fused-ring (bicyclic) bond motifs is 2. The van der Waals surface area contributed by atoms with Gasteiger partial charge in [-0.15, -0.1) is 0 Å². The van der Waals surface area contributed by atoms with E-state index in [4.69, 9.17) is 4.74 Å². The van der Waals surface area contributed by atoms with Crippen molar-refractivity contribution in [2.45, 2.75) is 71.0 Å². The van der Waals surface area contributed by atoms with E-state index in [0.29, 0.717) is 35.6 Å². The average Bonchev–Trinajstić information content (AvgIpc) is 2.77. The summed E-state index contributed by atoms with van der Waals surface area (Å²) in [6, 6.07) is 0. The van der Waals surface area contributed by atoms with Crippen LogP contribution in [-0.4, -0.2) is 17.5 Å². The minimum atomic E-state index is -0.128. The Bertz CT molecular complexity index is 427. The smallest absolute Gasteiger partial charge is 0.142 e. The van der Waals surface area contributed by atoms with E-state index >= 15 is 0 Å². The molecule has 3 aliphatic carbocycles. The third-order valence-corrected chi connectivity index (χ3v) is 7.05. The van der Waals surface area contributed by atoms with Crippen molar-refractivity contribution in [1.29, 1.82) is 0 Å². The summed E-state index contributed by atoms with van der Waals surface area (Å²) in [4.78, 5) is 13.1. The van der Waals surface area contributed by atoms with E-state index in [0.717, 1.165) is 12.8 Å². The molecule has 2 heteroatoms. The summed E-state index contributed by atoms with van der Waals surface area (Å²) in [7, 11) is 0. The van der Waals surface area contributed by atoms with E-state index in [-0.39, 0.29) is 11.0 Å². The average molecular weight is 262 g/mol. The summed E-state index contributed by atoms with van der Waals surface area (Å²) in [6.07, 6.45) is 7.61. The van der Waals surface area contributed by atoms with Crippen molar-refractivity contribution in [1.82, 2.24) is 0 Å². The van der Waals surface area contributed by atoms with Crippen LogP contribution in [0.3, 0.4) is 0 Å². The molecule has 1 heterocycles. The number of hydrogen-bond donors (Lipinski definition) is 0. The molecule has 6 atom stereocenters. The number of Topliss-reactive ketones (excluding diaryl/α,β-unsaturated/α-hetero) is 1. The Morgan fingerprint density at radius 1 is 1.21 bits per heavy atom. The first-order chi connectivity index (χ1) is 8.96. The molecule has 1 aliphatic heterocycles. The van der Waals surface area contributed by atoms with Crippen LogP contribution in [0.5, 0.6) is 0 Å². The highest BCUT2D eigenvalue weighted by Gasteiger charge is 2.66. The number of ether oxygens (including phenoxy) is 1. The lowest BCUT2D eigenvalue weighted by Crippen LogP contribution is -2.39. The van der Waals surface area contributed by atoms with Crippen LogP contribution < -0.4 is 0 Å². The molecular weight excluding hydrogens is 236 g/mol. The monoisotopic (exact) mass is 262 g/mol. The standard InChI is InChI=1S/C17H26O2/c1-10-12-5-4-6-13(12)14(18)16(2,3)11-7-8-17(9-11)15(10)19-17/h10-13,15H,4-9H2,1-3H3/t10-,11+,12-,13-,15+,17+/m1/s1. The highest BCUT2D eigenvalue weighted by atomic mass is 16.6. The van der Waals surface area contributed by atoms with Crippen LogP contribution in [0.4, 0.5) is 0 Å². The van der Waals surface area contributed by atoms with Crippen LogP contribution in [0.1, 0.15) is 59.3 Å². The van der Waals surface area contributed by atoms with E-state index in [1.165, 1.54) is 25.7 Å². The third-order valence-electron chi connectivity index (χ3n) is 7.05. The van der Waals surface area contributed by atoms with Crippen LogP contribution in [0.25, 0.3) is 0 Å². The molecule has 0 aromatic carbocycles. The Morgan fingerprint density at radius 3 is 2.79 bits per heavy atom. The maximum absolute atomic E-state index is 13.1. The lowest BCUT2D eigenvalue weighted by atomic mass is 9.68. The Hall–Kier alpha value is -0.370. The van der Waals surface area contributed by atoms with Crippen LogP contribution in [0.15, 0.2) is 0 Å². The summed E-state index contributed by atoms with van der Waals surface area (Å²) < 4.78 is 6.21. The quantitative estimate of drug-likeness (QED) is 0.624. The van der Waals surface area contributed by atoms with Crippen LogP contribution in [-0.2, 0) is 9.53 Å². The molecular formula is C17H26O2. The molecule has 0 radical (unpaired) electrons. The summed E-state index contributed by atoms with van der Waals surface area (Å²) in [5.74, 6) is 2.63. The molecule has 4 aliphatic rings. The van der Waals surface area contributed by atoms with Crippen molar-refractivity contribution in [2.24, 2.45) is 29.1 Å². The summed E-state index contributed by atoms with van der Waals surface area (Å²) in [6.45, 7) is 6.77. The van der Waals surface area contributed by atoms with Crippen molar-refractivity contribution in [2.75, 3.05) is 0 Å². The van der Waals surface area contributed by atoms with Gasteiger partial charge in [0.1, 0.15) is 5.78 Å². The Labute approximate surface area is 116 Å². The second-order valence-corrected chi connectivity index (χ2v) is 8.19. The second kappa shape index (κ2) is 3.63. The van der Waals surface area contributed by atoms with Gasteiger partial charge in [0.15, 0.2) is 0 Å². The van der Waals surface area contributed by atoms with Gasteiger partial charge in [0.05, 0.1) is 11.7 Å². The molecule has 1 saturated heterocycles. The lowest BCUT2D eigenvalue weighted by molar-refractivity contribution is -0.135. The highest BCUT2D eigenvalue weighted by Crippen LogP contribution is 2.62. The molecule has 106 valence electrons. The topological polar surface area (TPSA) is 29.6 Å². The zero-order valence-electron chi connectivity index (χ0n) is 12.4. The highest BCUT2D eigenvalue weighted by molar-refractivity contribution is 5.87. The zero-order chi connectivity index (χ0) is 13.4. The van der Waals surface area contributed by atoms with Gasteiger partial charge in [0.2, 0.25) is 0 Å². The zero-order valence-corrected chi connectivity index (χ0v) is 12.4. The fourth-order valence-corrected chi connectivity index (χ4v) is 5.67. The molecule has 4 rings (SSSR count). The molecule has 0 unspecified atom stereocenters. The van der Waals surface area contributed by atoms with E-state index in [9.17, 15) is 4.79 Å². The van der Waals surface area contributed by atoms with Crippen molar-refractivity contribution >= 4 is 5.78 Å². The molecule has 4 fully saturated rings. The Balaban J connectivity index is 1.76. The van der Waals surface area contributed by atoms with Gasteiger partial charge >= 0.3 is 0 Å². The third kappa shape index (κ3) is 1.50. The van der Waals surface area contributed by atoms with Gasteiger partial charge in [-0.05, 0) is 49.9 Å². The predicted octanol–water partition coefficient (Wildman–Crippen LogP) is 3.59. The summed E-state index contributed by atoms with van der Waals surface area (Å²) in [5, 5.41) is 0. The number of hydrogen-bond acceptors (Lipinski definition) is 2. The molecule has 2 nitrogen and oxygen atoms in total. The van der Waals surface area contributed by atoms with Crippen LogP contribution >= 0.6 is 0 Å². The molecule has 3 saturated carbocycles. The first kappa shape index (κ1) is 12.4. The molecule has 0 aromatic heterocycles. The first-order valence-electron chi connectivity index (χ1n) is 8.18. The lowest BCUT2D eigenvalue weighted by Gasteiger charge is -2.35. The predicted molar refractivity (Wildman–Crippen MR) is 73.7 cm³/mol. The van der Waals surface area contributed by atoms with Gasteiger partial charge in [-0.1, -0.05) is 27.2 Å². The van der Waals surface area contributed by atoms with Gasteiger partial charge in [-0.25, -0.2) is 0 Å². The molecule has 19 heavy (non-hydrogen) atoms. The largest absolute Gasteiger partial charge is 0.366 e. The van der Waals surface area contributed by atoms with Crippen molar-refractivity contribution in [3.05, 3.63) is 0 Å². The molecule has 2 bridgehead atoms. The van der Waals surface area contributed by atoms with E-state index < -0.39 is 0 Å².